The van der Waals surface area contributed by atoms with Crippen LogP contribution >= 0.6 is 12.6 Å². The average molecular weight is 2030 g/mol. The fourth-order valence-corrected chi connectivity index (χ4v) is 9.01. The zero-order chi connectivity index (χ0) is 112. The van der Waals surface area contributed by atoms with Crippen molar-refractivity contribution < 1.29 is 131 Å². The van der Waals surface area contributed by atoms with E-state index in [4.69, 9.17) is 86.4 Å². The molecule has 25 N–H and O–H groups in total. The lowest BCUT2D eigenvalue weighted by Gasteiger charge is -2.32. The van der Waals surface area contributed by atoms with E-state index in [1.807, 2.05) is 41.7 Å². The first kappa shape index (κ1) is 141. The number of phenols is 18. The molecule has 5 atom stereocenters. The normalized spacial score (nSPS) is 12.5. The van der Waals surface area contributed by atoms with E-state index in [0.29, 0.717) is 52.6 Å². The molecule has 1 aliphatic heterocycles. The van der Waals surface area contributed by atoms with Crippen LogP contribution in [0.4, 0.5) is 0 Å². The number of rotatable bonds is 13. The zero-order valence-electron chi connectivity index (χ0n) is 90.8. The number of nitrogens with one attached hydrogen (secondary N) is 4. The standard InChI is InChI=1S/C10H12O4.C9H19NOS.C9H19NO.C9H10O4.C8H19NO.C7H17NO.C7H17N.7C6H6O2.2C5H12/c1-5-8(12)4-7-9(13)2-6(11)3-10(7)14-5;1-5-6-10-8(11)7(12)9(2,3)4;1-5-6-10-8(11)7-9(2,3)4;1-5-7(10)3-6(4-8(5)11)9(12)13-2;1-7(10)6-9(5)8(2,3)4;1-6(9)5-8-7(2,3)4;1-5-6-8-7(2,3)4;7*7-5-3-1-2-4-6(5)8;2*1-5(2,3)4/h2-3,5,8,11-13H,4H2,1H3;7,12H,5-6H2,1-4H3,(H,10,11);5-7H2,1-4H3,(H,10,11);3-4,10-11H,1-2H3;7,10H,6H2,1-5H3;6,8-9H,5H2,1-4H3;8H,5-6H2,1-4H3;7*1-4,7-8H;2*1-4H3. The number of fused-ring (bicyclic) bond motifs is 1. The summed E-state index contributed by atoms with van der Waals surface area (Å²) in [6, 6.07) is 48.2. The van der Waals surface area contributed by atoms with Gasteiger partial charge >= 0.3 is 5.97 Å². The summed E-state index contributed by atoms with van der Waals surface area (Å²) in [4.78, 5) is 35.6. The van der Waals surface area contributed by atoms with Gasteiger partial charge in [0, 0.05) is 78.9 Å². The Bertz CT molecular complexity index is 4250. The van der Waals surface area contributed by atoms with Crippen molar-refractivity contribution in [1.82, 2.24) is 26.2 Å². The molecule has 9 aromatic rings. The Hall–Kier alpha value is -12.3. The number of aromatic hydroxyl groups is 18. The number of nitrogens with zero attached hydrogens (tertiary/aromatic N) is 1. The number of hydrogen-bond donors (Lipinski definition) is 26. The maximum Gasteiger partial charge on any atom is 0.338 e. The minimum atomic E-state index is -0.613. The molecule has 0 radical (unpaired) electrons. The summed E-state index contributed by atoms with van der Waals surface area (Å²) in [5, 5.41) is 198. The minimum absolute atomic E-state index is 0.0349. The molecule has 2 amide bonds. The van der Waals surface area contributed by atoms with Gasteiger partial charge in [0.2, 0.25) is 11.8 Å². The number of aliphatic hydroxyl groups is 3. The van der Waals surface area contributed by atoms with E-state index < -0.39 is 12.1 Å². The summed E-state index contributed by atoms with van der Waals surface area (Å²) < 4.78 is 9.76. The number of β-amino-alcohol motifs (C(OH)–C–C–N with tert-alkyl or cyclic N) is 2. The van der Waals surface area contributed by atoms with Crippen molar-refractivity contribution in [3.05, 3.63) is 211 Å². The number of ether oxygens (including phenoxy) is 2. The van der Waals surface area contributed by atoms with Crippen molar-refractivity contribution in [3.63, 3.8) is 0 Å². The highest BCUT2D eigenvalue weighted by molar-refractivity contribution is 7.81. The minimum Gasteiger partial charge on any atom is -0.508 e. The second-order valence-corrected chi connectivity index (χ2v) is 41.8. The van der Waals surface area contributed by atoms with Gasteiger partial charge in [0.1, 0.15) is 34.9 Å². The summed E-state index contributed by atoms with van der Waals surface area (Å²) in [6.45, 7) is 66.1. The van der Waals surface area contributed by atoms with Crippen LogP contribution < -0.4 is 26.0 Å². The average Bonchev–Trinajstić information content (AvgIpc) is 0.801. The molecule has 0 saturated carbocycles. The van der Waals surface area contributed by atoms with Crippen LogP contribution in [0.5, 0.6) is 109 Å². The number of para-hydroxylation sites is 14. The summed E-state index contributed by atoms with van der Waals surface area (Å²) >= 11 is 4.27. The molecule has 0 aromatic heterocycles. The molecule has 31 nitrogen and oxygen atoms in total. The van der Waals surface area contributed by atoms with E-state index in [-0.39, 0.29) is 166 Å². The quantitative estimate of drug-likeness (QED) is 0.0289. The van der Waals surface area contributed by atoms with E-state index in [2.05, 4.69) is 196 Å². The number of likely N-dealkylation sites (N-methyl/N-ethyl adjacent to an activating group) is 1. The molecule has 0 aliphatic carbocycles. The van der Waals surface area contributed by atoms with Gasteiger partial charge in [-0.25, -0.2) is 4.79 Å². The predicted octanol–water partition coefficient (Wildman–Crippen LogP) is 21.2. The third-order valence-corrected chi connectivity index (χ3v) is 17.8. The third-order valence-electron chi connectivity index (χ3n) is 16.8. The lowest BCUT2D eigenvalue weighted by molar-refractivity contribution is -0.123. The fraction of sp³-hybridized carbons (Fsp3) is 0.486. The highest BCUT2D eigenvalue weighted by atomic mass is 32.1. The van der Waals surface area contributed by atoms with Gasteiger partial charge in [0.25, 0.3) is 0 Å². The van der Waals surface area contributed by atoms with Crippen molar-refractivity contribution in [1.29, 1.82) is 0 Å². The van der Waals surface area contributed by atoms with Gasteiger partial charge in [0.15, 0.2) is 80.5 Å². The van der Waals surface area contributed by atoms with Crippen molar-refractivity contribution in [2.75, 3.05) is 46.9 Å². The fourth-order valence-electron chi connectivity index (χ4n) is 8.92. The highest BCUT2D eigenvalue weighted by Gasteiger charge is 2.29. The number of carbonyl (C=O) groups excluding carboxylic acids is 3. The molecule has 1 heterocycles. The van der Waals surface area contributed by atoms with Gasteiger partial charge in [-0.05, 0) is 242 Å². The van der Waals surface area contributed by atoms with Gasteiger partial charge in [-0.1, -0.05) is 203 Å². The molecule has 10 rings (SSSR count). The summed E-state index contributed by atoms with van der Waals surface area (Å²) in [6.07, 6.45) is 2.76. The molecule has 1 aliphatic rings. The van der Waals surface area contributed by atoms with Crippen LogP contribution in [0.3, 0.4) is 0 Å². The van der Waals surface area contributed by atoms with Crippen molar-refractivity contribution in [2.45, 2.75) is 286 Å². The van der Waals surface area contributed by atoms with Crippen molar-refractivity contribution in [2.24, 2.45) is 21.7 Å². The summed E-state index contributed by atoms with van der Waals surface area (Å²) in [5.74, 6) is -1.34. The first-order chi connectivity index (χ1) is 65.4. The second-order valence-electron chi connectivity index (χ2n) is 41.3. The second kappa shape index (κ2) is 73.7. The number of carbonyl (C=O) groups is 3. The SMILES string of the molecule is CC(C)(C)C.CC(C)(C)C.CC(O)CN(C)C(C)(C)C.CC(O)CNC(C)(C)C.CC1Oc2cc(O)cc(O)c2CC1O.CCCNC(=O)C(S)C(C)(C)C.CCCNC(=O)CC(C)(C)C.CCCNC(C)(C)C.COC(=O)c1cc(O)c(C)c(O)c1.Oc1ccccc1O.Oc1ccccc1O.Oc1ccccc1O.Oc1ccccc1O.Oc1ccccc1O.Oc1ccccc1O.Oc1ccccc1O. The molecule has 9 aromatic carbocycles. The number of thiol groups is 1. The molecule has 5 unspecified atom stereocenters. The number of phenolic OH excluding ortho intramolecular Hbond substituents is 18. The molecule has 0 fully saturated rings. The van der Waals surface area contributed by atoms with Gasteiger partial charge in [-0.2, -0.15) is 12.6 Å². The number of aliphatic hydroxyl groups excluding tert-OH is 3. The molecular weight excluding hydrogens is 1850 g/mol. The van der Waals surface area contributed by atoms with Crippen LogP contribution in [-0.2, 0) is 20.7 Å². The van der Waals surface area contributed by atoms with E-state index >= 15 is 0 Å². The number of amides is 2. The van der Waals surface area contributed by atoms with Crippen molar-refractivity contribution >= 4 is 30.4 Å². The smallest absolute Gasteiger partial charge is 0.338 e. The number of methoxy groups -OCH3 is 1. The molecular formula is C111H179N5O26S. The Morgan fingerprint density at radius 3 is 0.888 bits per heavy atom. The zero-order valence-corrected chi connectivity index (χ0v) is 91.7. The molecule has 0 bridgehead atoms. The Labute approximate surface area is 857 Å². The maximum atomic E-state index is 11.4. The lowest BCUT2D eigenvalue weighted by Crippen LogP contribution is -2.41. The monoisotopic (exact) mass is 2030 g/mol. The largest absolute Gasteiger partial charge is 0.508 e. The highest BCUT2D eigenvalue weighted by Crippen LogP contribution is 2.38. The topological polar surface area (TPSA) is 546 Å². The van der Waals surface area contributed by atoms with Crippen LogP contribution in [0, 0.1) is 28.6 Å². The molecule has 810 valence electrons. The van der Waals surface area contributed by atoms with Crippen LogP contribution in [0.2, 0.25) is 0 Å². The van der Waals surface area contributed by atoms with Crippen LogP contribution in [0.25, 0.3) is 0 Å². The van der Waals surface area contributed by atoms with E-state index in [9.17, 15) is 39.9 Å². The predicted molar refractivity (Wildman–Crippen MR) is 579 cm³/mol. The number of hydrogen-bond acceptors (Lipinski definition) is 30. The molecule has 32 heteroatoms. The molecule has 0 saturated heterocycles. The van der Waals surface area contributed by atoms with Gasteiger partial charge in [-0.3, -0.25) is 14.5 Å². The van der Waals surface area contributed by atoms with Gasteiger partial charge < -0.3 is 138 Å². The number of benzene rings is 9. The molecule has 0 spiro atoms. The first-order valence-electron chi connectivity index (χ1n) is 47.0. The van der Waals surface area contributed by atoms with Gasteiger partial charge in [0.05, 0.1) is 36.2 Å². The van der Waals surface area contributed by atoms with Crippen LogP contribution in [-0.4, -0.2) is 223 Å². The molecule has 143 heavy (non-hydrogen) atoms. The van der Waals surface area contributed by atoms with Crippen LogP contribution in [0.15, 0.2) is 194 Å². The van der Waals surface area contributed by atoms with E-state index in [0.717, 1.165) is 39.0 Å². The summed E-state index contributed by atoms with van der Waals surface area (Å²) in [5.41, 5.74) is 2.65. The lowest BCUT2D eigenvalue weighted by atomic mass is 9.91. The van der Waals surface area contributed by atoms with Gasteiger partial charge in [-0.15, -0.1) is 0 Å². The van der Waals surface area contributed by atoms with Crippen molar-refractivity contribution in [3.8, 4) is 109 Å². The maximum absolute atomic E-state index is 11.4. The Morgan fingerprint density at radius 1 is 0.420 bits per heavy atom. The Morgan fingerprint density at radius 2 is 0.692 bits per heavy atom. The third kappa shape index (κ3) is 84.0. The van der Waals surface area contributed by atoms with E-state index in [1.165, 1.54) is 123 Å². The van der Waals surface area contributed by atoms with E-state index in [1.54, 1.807) is 106 Å². The Kier molecular flexibility index (Phi) is 72.9. The van der Waals surface area contributed by atoms with Crippen LogP contribution in [0.1, 0.15) is 248 Å². The summed E-state index contributed by atoms with van der Waals surface area (Å²) in [7, 11) is 3.25. The Balaban J connectivity index is -0.000000352. The first-order valence-corrected chi connectivity index (χ1v) is 47.5. The number of esters is 1.